The van der Waals surface area contributed by atoms with Gasteiger partial charge in [0.15, 0.2) is 5.96 Å². The van der Waals surface area contributed by atoms with Crippen molar-refractivity contribution in [1.29, 1.82) is 0 Å². The Morgan fingerprint density at radius 3 is 1.93 bits per heavy atom. The Labute approximate surface area is 189 Å². The lowest BCUT2D eigenvalue weighted by Gasteiger charge is -2.22. The largest absolute Gasteiger partial charge is 0.497 e. The Hall–Kier alpha value is -2.49. The fourth-order valence-electron chi connectivity index (χ4n) is 2.63. The highest BCUT2D eigenvalue weighted by molar-refractivity contribution is 14.0. The standard InChI is InChI=1S/C21H28N4O3.HI/c1-22-21(25(2)15-17-7-11-19(28-4)12-8-17)24-14-20(26)23-13-16-5-9-18(27-3)10-6-16;/h5-12H,13-15H2,1-4H3,(H,22,24)(H,23,26);1H. The normalized spacial score (nSPS) is 10.6. The Kier molecular flexibility index (Phi) is 10.9. The minimum Gasteiger partial charge on any atom is -0.497 e. The van der Waals surface area contributed by atoms with Crippen molar-refractivity contribution in [2.75, 3.05) is 34.9 Å². The smallest absolute Gasteiger partial charge is 0.239 e. The summed E-state index contributed by atoms with van der Waals surface area (Å²) in [6.07, 6.45) is 0. The van der Waals surface area contributed by atoms with Gasteiger partial charge in [-0.1, -0.05) is 24.3 Å². The molecule has 29 heavy (non-hydrogen) atoms. The number of nitrogens with zero attached hydrogens (tertiary/aromatic N) is 2. The van der Waals surface area contributed by atoms with Crippen LogP contribution in [-0.4, -0.2) is 51.6 Å². The molecule has 0 fully saturated rings. The number of carbonyl (C=O) groups is 1. The van der Waals surface area contributed by atoms with Crippen LogP contribution in [-0.2, 0) is 17.9 Å². The van der Waals surface area contributed by atoms with Gasteiger partial charge in [-0.2, -0.15) is 0 Å². The van der Waals surface area contributed by atoms with E-state index in [2.05, 4.69) is 15.6 Å². The van der Waals surface area contributed by atoms with E-state index >= 15 is 0 Å². The number of carbonyl (C=O) groups excluding carboxylic acids is 1. The van der Waals surface area contributed by atoms with E-state index in [1.807, 2.05) is 60.5 Å². The minimum absolute atomic E-state index is 0. The molecule has 2 aromatic rings. The number of amides is 1. The van der Waals surface area contributed by atoms with Crippen LogP contribution in [0.15, 0.2) is 53.5 Å². The van der Waals surface area contributed by atoms with Gasteiger partial charge in [0.25, 0.3) is 0 Å². The quantitative estimate of drug-likeness (QED) is 0.323. The molecule has 0 saturated carbocycles. The van der Waals surface area contributed by atoms with Crippen molar-refractivity contribution in [2.24, 2.45) is 4.99 Å². The van der Waals surface area contributed by atoms with Gasteiger partial charge < -0.3 is 25.0 Å². The lowest BCUT2D eigenvalue weighted by molar-refractivity contribution is -0.120. The Morgan fingerprint density at radius 2 is 1.45 bits per heavy atom. The summed E-state index contributed by atoms with van der Waals surface area (Å²) in [7, 11) is 6.89. The summed E-state index contributed by atoms with van der Waals surface area (Å²) < 4.78 is 10.3. The summed E-state index contributed by atoms with van der Waals surface area (Å²) in [6.45, 7) is 1.28. The number of nitrogens with one attached hydrogen (secondary N) is 2. The predicted molar refractivity (Wildman–Crippen MR) is 126 cm³/mol. The topological polar surface area (TPSA) is 75.2 Å². The summed E-state index contributed by atoms with van der Waals surface area (Å²) in [4.78, 5) is 18.3. The summed E-state index contributed by atoms with van der Waals surface area (Å²) >= 11 is 0. The van der Waals surface area contributed by atoms with E-state index in [1.54, 1.807) is 21.3 Å². The molecule has 0 atom stereocenters. The number of rotatable bonds is 8. The van der Waals surface area contributed by atoms with Crippen molar-refractivity contribution in [2.45, 2.75) is 13.1 Å². The van der Waals surface area contributed by atoms with Crippen LogP contribution in [0.2, 0.25) is 0 Å². The first-order valence-corrected chi connectivity index (χ1v) is 9.00. The van der Waals surface area contributed by atoms with Gasteiger partial charge in [-0.3, -0.25) is 9.79 Å². The second kappa shape index (κ2) is 12.9. The molecule has 8 heteroatoms. The fourth-order valence-corrected chi connectivity index (χ4v) is 2.63. The molecule has 0 aromatic heterocycles. The molecule has 0 aliphatic rings. The molecule has 2 rings (SSSR count). The zero-order valence-electron chi connectivity index (χ0n) is 17.3. The molecule has 2 N–H and O–H groups in total. The molecule has 0 unspecified atom stereocenters. The Balaban J connectivity index is 0.00000420. The highest BCUT2D eigenvalue weighted by atomic mass is 127. The molecule has 2 aromatic carbocycles. The van der Waals surface area contributed by atoms with Crippen LogP contribution in [0, 0.1) is 0 Å². The molecule has 0 aliphatic heterocycles. The first-order valence-electron chi connectivity index (χ1n) is 9.00. The average Bonchev–Trinajstić information content (AvgIpc) is 2.73. The highest BCUT2D eigenvalue weighted by Gasteiger charge is 2.09. The van der Waals surface area contributed by atoms with Crippen LogP contribution >= 0.6 is 24.0 Å². The minimum atomic E-state index is -0.102. The van der Waals surface area contributed by atoms with Gasteiger partial charge in [-0.25, -0.2) is 0 Å². The molecule has 158 valence electrons. The second-order valence-corrected chi connectivity index (χ2v) is 6.23. The van der Waals surface area contributed by atoms with Crippen molar-refractivity contribution >= 4 is 35.8 Å². The number of hydrogen-bond acceptors (Lipinski definition) is 4. The van der Waals surface area contributed by atoms with Crippen LogP contribution in [0.1, 0.15) is 11.1 Å². The van der Waals surface area contributed by atoms with Crippen LogP contribution in [0.5, 0.6) is 11.5 Å². The van der Waals surface area contributed by atoms with Crippen LogP contribution in [0.4, 0.5) is 0 Å². The predicted octanol–water partition coefficient (Wildman–Crippen LogP) is 2.65. The number of hydrogen-bond donors (Lipinski definition) is 2. The van der Waals surface area contributed by atoms with E-state index in [9.17, 15) is 4.79 Å². The molecular formula is C21H29IN4O3. The fraction of sp³-hybridized carbons (Fsp3) is 0.333. The molecule has 1 amide bonds. The number of benzene rings is 2. The van der Waals surface area contributed by atoms with E-state index in [4.69, 9.17) is 9.47 Å². The first-order chi connectivity index (χ1) is 13.5. The van der Waals surface area contributed by atoms with Gasteiger partial charge in [0.2, 0.25) is 5.91 Å². The van der Waals surface area contributed by atoms with Gasteiger partial charge in [0.05, 0.1) is 20.8 Å². The van der Waals surface area contributed by atoms with Gasteiger partial charge in [0.1, 0.15) is 11.5 Å². The second-order valence-electron chi connectivity index (χ2n) is 6.23. The maximum atomic E-state index is 12.1. The number of methoxy groups -OCH3 is 2. The van der Waals surface area contributed by atoms with Gasteiger partial charge in [-0.15, -0.1) is 24.0 Å². The third-order valence-corrected chi connectivity index (χ3v) is 4.21. The van der Waals surface area contributed by atoms with Crippen molar-refractivity contribution in [1.82, 2.24) is 15.5 Å². The van der Waals surface area contributed by atoms with Gasteiger partial charge in [-0.05, 0) is 35.4 Å². The van der Waals surface area contributed by atoms with E-state index in [-0.39, 0.29) is 36.4 Å². The zero-order chi connectivity index (χ0) is 20.4. The van der Waals surface area contributed by atoms with E-state index in [0.717, 1.165) is 22.6 Å². The molecule has 0 spiro atoms. The van der Waals surface area contributed by atoms with Gasteiger partial charge >= 0.3 is 0 Å². The average molecular weight is 512 g/mol. The summed E-state index contributed by atoms with van der Waals surface area (Å²) in [5, 5.41) is 5.97. The maximum absolute atomic E-state index is 12.1. The SMILES string of the molecule is CN=C(NCC(=O)NCc1ccc(OC)cc1)N(C)Cc1ccc(OC)cc1.I. The maximum Gasteiger partial charge on any atom is 0.239 e. The third kappa shape index (κ3) is 8.18. The molecule has 0 heterocycles. The Morgan fingerprint density at radius 1 is 0.931 bits per heavy atom. The number of halogens is 1. The molecule has 0 saturated heterocycles. The molecular weight excluding hydrogens is 483 g/mol. The molecule has 7 nitrogen and oxygen atoms in total. The Bertz CT molecular complexity index is 780. The highest BCUT2D eigenvalue weighted by Crippen LogP contribution is 2.13. The number of guanidine groups is 1. The lowest BCUT2D eigenvalue weighted by atomic mass is 10.2. The summed E-state index contributed by atoms with van der Waals surface area (Å²) in [5.74, 6) is 2.16. The summed E-state index contributed by atoms with van der Waals surface area (Å²) in [5.41, 5.74) is 2.13. The zero-order valence-corrected chi connectivity index (χ0v) is 19.6. The number of ether oxygens (including phenoxy) is 2. The van der Waals surface area contributed by atoms with E-state index in [0.29, 0.717) is 19.0 Å². The van der Waals surface area contributed by atoms with Crippen molar-refractivity contribution in [3.63, 3.8) is 0 Å². The first kappa shape index (κ1) is 24.5. The number of aliphatic imine (C=N–C) groups is 1. The van der Waals surface area contributed by atoms with Crippen molar-refractivity contribution in [3.8, 4) is 11.5 Å². The monoisotopic (exact) mass is 512 g/mol. The van der Waals surface area contributed by atoms with Crippen LogP contribution in [0.3, 0.4) is 0 Å². The molecule has 0 aliphatic carbocycles. The van der Waals surface area contributed by atoms with Crippen LogP contribution < -0.4 is 20.1 Å². The lowest BCUT2D eigenvalue weighted by Crippen LogP contribution is -2.43. The van der Waals surface area contributed by atoms with Gasteiger partial charge in [0, 0.05) is 27.2 Å². The van der Waals surface area contributed by atoms with E-state index in [1.165, 1.54) is 0 Å². The van der Waals surface area contributed by atoms with E-state index < -0.39 is 0 Å². The van der Waals surface area contributed by atoms with Crippen molar-refractivity contribution < 1.29 is 14.3 Å². The molecule has 0 radical (unpaired) electrons. The molecule has 0 bridgehead atoms. The van der Waals surface area contributed by atoms with Crippen molar-refractivity contribution in [3.05, 3.63) is 59.7 Å². The van der Waals surface area contributed by atoms with Crippen LogP contribution in [0.25, 0.3) is 0 Å². The summed E-state index contributed by atoms with van der Waals surface area (Å²) in [6, 6.07) is 15.4. The third-order valence-electron chi connectivity index (χ3n) is 4.21.